The second-order valence-corrected chi connectivity index (χ2v) is 3.09. The molecule has 0 spiro atoms. The van der Waals surface area contributed by atoms with E-state index < -0.39 is 17.5 Å². The maximum Gasteiger partial charge on any atom is 0.132 e. The van der Waals surface area contributed by atoms with E-state index in [0.29, 0.717) is 12.1 Å². The van der Waals surface area contributed by atoms with Gasteiger partial charge in [-0.1, -0.05) is 12.2 Å². The summed E-state index contributed by atoms with van der Waals surface area (Å²) in [7, 11) is 0. The molecule has 0 heterocycles. The van der Waals surface area contributed by atoms with Crippen LogP contribution in [0, 0.1) is 17.5 Å². The number of benzene rings is 1. The van der Waals surface area contributed by atoms with Crippen LogP contribution in [0.4, 0.5) is 13.2 Å². The zero-order valence-corrected chi connectivity index (χ0v) is 7.80. The van der Waals surface area contributed by atoms with Crippen molar-refractivity contribution in [3.63, 3.8) is 0 Å². The third-order valence-electron chi connectivity index (χ3n) is 1.60. The molecule has 14 heavy (non-hydrogen) atoms. The van der Waals surface area contributed by atoms with E-state index in [-0.39, 0.29) is 17.0 Å². The standard InChI is InChI=1S/C8H7F3N2S/c9-4-1-6(10)5(7(11)2-4)3-8(14)13-12/h1-2H,3,12H2,(H,13,14). The quantitative estimate of drug-likeness (QED) is 0.450. The molecule has 3 N–H and O–H groups in total. The highest BCUT2D eigenvalue weighted by atomic mass is 32.1. The Labute approximate surface area is 83.9 Å². The van der Waals surface area contributed by atoms with Gasteiger partial charge >= 0.3 is 0 Å². The molecule has 0 saturated heterocycles. The Bertz CT molecular complexity index is 345. The lowest BCUT2D eigenvalue weighted by molar-refractivity contribution is 0.529. The molecule has 1 aromatic rings. The van der Waals surface area contributed by atoms with E-state index in [1.165, 1.54) is 0 Å². The lowest BCUT2D eigenvalue weighted by Crippen LogP contribution is -2.30. The molecule has 6 heteroatoms. The van der Waals surface area contributed by atoms with E-state index in [0.717, 1.165) is 0 Å². The molecule has 1 rings (SSSR count). The average molecular weight is 220 g/mol. The highest BCUT2D eigenvalue weighted by Crippen LogP contribution is 2.15. The Morgan fingerprint density at radius 1 is 1.29 bits per heavy atom. The maximum atomic E-state index is 13.0. The lowest BCUT2D eigenvalue weighted by Gasteiger charge is -2.05. The van der Waals surface area contributed by atoms with Crippen LogP contribution < -0.4 is 11.3 Å². The van der Waals surface area contributed by atoms with E-state index >= 15 is 0 Å². The molecule has 0 bridgehead atoms. The minimum atomic E-state index is -0.972. The minimum absolute atomic E-state index is 0.0782. The Morgan fingerprint density at radius 2 is 1.79 bits per heavy atom. The van der Waals surface area contributed by atoms with Gasteiger partial charge in [0.25, 0.3) is 0 Å². The van der Waals surface area contributed by atoms with Crippen LogP contribution in [0.1, 0.15) is 5.56 Å². The maximum absolute atomic E-state index is 13.0. The minimum Gasteiger partial charge on any atom is -0.318 e. The van der Waals surface area contributed by atoms with Gasteiger partial charge in [0.1, 0.15) is 17.5 Å². The number of hydrazine groups is 1. The summed E-state index contributed by atoms with van der Waals surface area (Å²) in [5.41, 5.74) is 1.79. The molecule has 0 saturated carbocycles. The predicted molar refractivity (Wildman–Crippen MR) is 49.9 cm³/mol. The Balaban J connectivity index is 3.02. The summed E-state index contributed by atoms with van der Waals surface area (Å²) in [5.74, 6) is 2.03. The first-order chi connectivity index (χ1) is 6.54. The largest absolute Gasteiger partial charge is 0.318 e. The topological polar surface area (TPSA) is 38.0 Å². The average Bonchev–Trinajstić information content (AvgIpc) is 2.10. The van der Waals surface area contributed by atoms with E-state index in [1.807, 2.05) is 0 Å². The summed E-state index contributed by atoms with van der Waals surface area (Å²) in [6.45, 7) is 0. The van der Waals surface area contributed by atoms with Gasteiger partial charge < -0.3 is 5.43 Å². The van der Waals surface area contributed by atoms with Gasteiger partial charge in [0.15, 0.2) is 0 Å². The molecule has 0 aliphatic rings. The van der Waals surface area contributed by atoms with Crippen molar-refractivity contribution in [2.45, 2.75) is 6.42 Å². The predicted octanol–water partition coefficient (Wildman–Crippen LogP) is 1.44. The summed E-state index contributed by atoms with van der Waals surface area (Å²) < 4.78 is 38.5. The van der Waals surface area contributed by atoms with Crippen LogP contribution in [-0.2, 0) is 6.42 Å². The normalized spacial score (nSPS) is 10.0. The molecule has 0 atom stereocenters. The molecule has 2 nitrogen and oxygen atoms in total. The summed E-state index contributed by atoms with van der Waals surface area (Å²) in [5, 5.41) is 0. The van der Waals surface area contributed by atoms with Crippen LogP contribution in [0.3, 0.4) is 0 Å². The van der Waals surface area contributed by atoms with Crippen molar-refractivity contribution < 1.29 is 13.2 Å². The van der Waals surface area contributed by atoms with Crippen LogP contribution >= 0.6 is 12.2 Å². The fourth-order valence-electron chi connectivity index (χ4n) is 0.953. The number of nitrogens with one attached hydrogen (secondary N) is 1. The molecule has 0 aromatic heterocycles. The van der Waals surface area contributed by atoms with Gasteiger partial charge in [-0.05, 0) is 0 Å². The molecular formula is C8H7F3N2S. The zero-order chi connectivity index (χ0) is 10.7. The summed E-state index contributed by atoms with van der Waals surface area (Å²) in [6, 6.07) is 1.19. The summed E-state index contributed by atoms with van der Waals surface area (Å²) >= 11 is 4.63. The van der Waals surface area contributed by atoms with Gasteiger partial charge in [-0.3, -0.25) is 5.84 Å². The third kappa shape index (κ3) is 2.43. The molecular weight excluding hydrogens is 213 g/mol. The van der Waals surface area contributed by atoms with Gasteiger partial charge in [-0.25, -0.2) is 13.2 Å². The van der Waals surface area contributed by atoms with E-state index in [4.69, 9.17) is 5.84 Å². The summed E-state index contributed by atoms with van der Waals surface area (Å²) in [4.78, 5) is 0.0782. The van der Waals surface area contributed by atoms with Crippen LogP contribution in [0.25, 0.3) is 0 Å². The van der Waals surface area contributed by atoms with Crippen molar-refractivity contribution in [1.29, 1.82) is 0 Å². The van der Waals surface area contributed by atoms with Gasteiger partial charge in [-0.2, -0.15) is 0 Å². The van der Waals surface area contributed by atoms with Gasteiger partial charge in [0.05, 0.1) is 4.99 Å². The first-order valence-electron chi connectivity index (χ1n) is 3.67. The van der Waals surface area contributed by atoms with Crippen molar-refractivity contribution in [1.82, 2.24) is 5.43 Å². The van der Waals surface area contributed by atoms with Crippen molar-refractivity contribution in [2.75, 3.05) is 0 Å². The SMILES string of the molecule is NNC(=S)Cc1c(F)cc(F)cc1F. The Morgan fingerprint density at radius 3 is 2.21 bits per heavy atom. The molecule has 0 fully saturated rings. The highest BCUT2D eigenvalue weighted by Gasteiger charge is 2.12. The van der Waals surface area contributed by atoms with Crippen LogP contribution in [-0.4, -0.2) is 4.99 Å². The first kappa shape index (κ1) is 10.9. The zero-order valence-electron chi connectivity index (χ0n) is 6.98. The molecule has 1 aromatic carbocycles. The van der Waals surface area contributed by atoms with Crippen LogP contribution in [0.5, 0.6) is 0 Å². The number of halogens is 3. The lowest BCUT2D eigenvalue weighted by atomic mass is 10.1. The third-order valence-corrected chi connectivity index (χ3v) is 1.87. The van der Waals surface area contributed by atoms with Gasteiger partial charge in [0, 0.05) is 24.1 Å². The van der Waals surface area contributed by atoms with Crippen LogP contribution in [0.15, 0.2) is 12.1 Å². The molecule has 0 unspecified atom stereocenters. The number of nitrogens with two attached hydrogens (primary N) is 1. The molecule has 0 aliphatic carbocycles. The monoisotopic (exact) mass is 220 g/mol. The van der Waals surface area contributed by atoms with E-state index in [9.17, 15) is 13.2 Å². The number of hydrogen-bond acceptors (Lipinski definition) is 2. The number of rotatable bonds is 2. The molecule has 0 aliphatic heterocycles. The molecule has 0 amide bonds. The van der Waals surface area contributed by atoms with Crippen LogP contribution in [0.2, 0.25) is 0 Å². The second kappa shape index (κ2) is 4.39. The van der Waals surface area contributed by atoms with E-state index in [2.05, 4.69) is 17.6 Å². The Kier molecular flexibility index (Phi) is 3.43. The van der Waals surface area contributed by atoms with Crippen molar-refractivity contribution in [3.8, 4) is 0 Å². The van der Waals surface area contributed by atoms with Crippen molar-refractivity contribution in [3.05, 3.63) is 35.1 Å². The van der Waals surface area contributed by atoms with Gasteiger partial charge in [-0.15, -0.1) is 0 Å². The van der Waals surface area contributed by atoms with Gasteiger partial charge in [0.2, 0.25) is 0 Å². The van der Waals surface area contributed by atoms with Crippen molar-refractivity contribution in [2.24, 2.45) is 5.84 Å². The fraction of sp³-hybridized carbons (Fsp3) is 0.125. The number of thiocarbonyl (C=S) groups is 1. The smallest absolute Gasteiger partial charge is 0.132 e. The molecule has 76 valence electrons. The first-order valence-corrected chi connectivity index (χ1v) is 4.08. The Hall–Kier alpha value is -1.14. The van der Waals surface area contributed by atoms with Crippen molar-refractivity contribution >= 4 is 17.2 Å². The highest BCUT2D eigenvalue weighted by molar-refractivity contribution is 7.80. The van der Waals surface area contributed by atoms with E-state index in [1.54, 1.807) is 0 Å². The second-order valence-electron chi connectivity index (χ2n) is 2.59. The fourth-order valence-corrected chi connectivity index (χ4v) is 1.10. The molecule has 0 radical (unpaired) electrons. The number of hydrogen-bond donors (Lipinski definition) is 2. The summed E-state index contributed by atoms with van der Waals surface area (Å²) in [6.07, 6.45) is -0.191.